The van der Waals surface area contributed by atoms with Crippen LogP contribution in [-0.4, -0.2) is 40.9 Å². The van der Waals surface area contributed by atoms with E-state index in [0.717, 1.165) is 22.5 Å². The Morgan fingerprint density at radius 3 is 2.39 bits per heavy atom. The number of nitrogens with zero attached hydrogens (tertiary/aromatic N) is 4. The number of aromatic nitrogens is 4. The van der Waals surface area contributed by atoms with Crippen molar-refractivity contribution in [3.63, 3.8) is 0 Å². The van der Waals surface area contributed by atoms with Crippen molar-refractivity contribution in [1.29, 1.82) is 0 Å². The molecule has 0 aliphatic rings. The standard InChI is InChI=1S/C20H19N5O3/c1-26-16-9-14(10-17(27-2)19(16)28-3)23-18-6-8-25-20(24-18)15(12-22-25)13-5-4-7-21-11-13/h4-12H,1-3H3,(H,23,24). The summed E-state index contributed by atoms with van der Waals surface area (Å²) in [6.07, 6.45) is 7.16. The van der Waals surface area contributed by atoms with E-state index in [4.69, 9.17) is 19.2 Å². The monoisotopic (exact) mass is 377 g/mol. The molecule has 28 heavy (non-hydrogen) atoms. The van der Waals surface area contributed by atoms with Crippen LogP contribution in [0.5, 0.6) is 17.2 Å². The van der Waals surface area contributed by atoms with Gasteiger partial charge in [-0.25, -0.2) is 9.50 Å². The van der Waals surface area contributed by atoms with E-state index in [0.29, 0.717) is 23.1 Å². The average molecular weight is 377 g/mol. The zero-order valence-electron chi connectivity index (χ0n) is 15.7. The maximum Gasteiger partial charge on any atom is 0.203 e. The smallest absolute Gasteiger partial charge is 0.203 e. The van der Waals surface area contributed by atoms with Crippen LogP contribution in [0.25, 0.3) is 16.8 Å². The molecule has 3 heterocycles. The van der Waals surface area contributed by atoms with Crippen molar-refractivity contribution in [2.24, 2.45) is 0 Å². The predicted octanol–water partition coefficient (Wildman–Crippen LogP) is 3.56. The normalized spacial score (nSPS) is 10.7. The molecule has 3 aromatic heterocycles. The Balaban J connectivity index is 1.73. The number of ether oxygens (including phenoxy) is 3. The quantitative estimate of drug-likeness (QED) is 0.550. The first-order chi connectivity index (χ1) is 13.7. The maximum absolute atomic E-state index is 5.41. The summed E-state index contributed by atoms with van der Waals surface area (Å²) in [7, 11) is 4.73. The molecule has 0 saturated carbocycles. The van der Waals surface area contributed by atoms with E-state index in [2.05, 4.69) is 15.4 Å². The summed E-state index contributed by atoms with van der Waals surface area (Å²) in [5.41, 5.74) is 3.34. The van der Waals surface area contributed by atoms with Gasteiger partial charge in [0, 0.05) is 47.5 Å². The lowest BCUT2D eigenvalue weighted by molar-refractivity contribution is 0.324. The molecule has 1 aromatic carbocycles. The highest BCUT2D eigenvalue weighted by molar-refractivity contribution is 5.77. The molecule has 142 valence electrons. The minimum atomic E-state index is 0.536. The first kappa shape index (κ1) is 17.6. The molecule has 0 unspecified atom stereocenters. The Labute approximate surface area is 161 Å². The molecular weight excluding hydrogens is 358 g/mol. The molecule has 8 nitrogen and oxygen atoms in total. The molecule has 0 atom stereocenters. The zero-order chi connectivity index (χ0) is 19.5. The predicted molar refractivity (Wildman–Crippen MR) is 106 cm³/mol. The molecule has 8 heteroatoms. The highest BCUT2D eigenvalue weighted by Crippen LogP contribution is 2.40. The molecule has 0 saturated heterocycles. The van der Waals surface area contributed by atoms with E-state index < -0.39 is 0 Å². The van der Waals surface area contributed by atoms with Crippen LogP contribution in [0.1, 0.15) is 0 Å². The number of nitrogens with one attached hydrogen (secondary N) is 1. The van der Waals surface area contributed by atoms with Crippen LogP contribution >= 0.6 is 0 Å². The number of anilines is 2. The largest absolute Gasteiger partial charge is 0.493 e. The molecule has 0 radical (unpaired) electrons. The van der Waals surface area contributed by atoms with Gasteiger partial charge >= 0.3 is 0 Å². The molecule has 4 rings (SSSR count). The second-order valence-corrected chi connectivity index (χ2v) is 5.92. The number of hydrogen-bond acceptors (Lipinski definition) is 7. The topological polar surface area (TPSA) is 82.8 Å². The van der Waals surface area contributed by atoms with Gasteiger partial charge in [0.2, 0.25) is 5.75 Å². The van der Waals surface area contributed by atoms with Gasteiger partial charge in [-0.3, -0.25) is 4.98 Å². The highest BCUT2D eigenvalue weighted by Gasteiger charge is 2.14. The number of methoxy groups -OCH3 is 3. The van der Waals surface area contributed by atoms with Crippen LogP contribution in [0.4, 0.5) is 11.5 Å². The van der Waals surface area contributed by atoms with E-state index in [9.17, 15) is 0 Å². The summed E-state index contributed by atoms with van der Waals surface area (Å²) < 4.78 is 17.9. The van der Waals surface area contributed by atoms with Crippen molar-refractivity contribution < 1.29 is 14.2 Å². The van der Waals surface area contributed by atoms with E-state index in [1.54, 1.807) is 44.4 Å². The highest BCUT2D eigenvalue weighted by atomic mass is 16.5. The summed E-state index contributed by atoms with van der Waals surface area (Å²) in [5, 5.41) is 7.64. The number of hydrogen-bond donors (Lipinski definition) is 1. The van der Waals surface area contributed by atoms with E-state index in [1.165, 1.54) is 0 Å². The minimum absolute atomic E-state index is 0.536. The van der Waals surface area contributed by atoms with Gasteiger partial charge in [-0.05, 0) is 12.1 Å². The average Bonchev–Trinajstić information content (AvgIpc) is 3.16. The molecular formula is C20H19N5O3. The summed E-state index contributed by atoms with van der Waals surface area (Å²) >= 11 is 0. The fourth-order valence-electron chi connectivity index (χ4n) is 2.97. The Bertz CT molecular complexity index is 1090. The molecule has 1 N–H and O–H groups in total. The van der Waals surface area contributed by atoms with Gasteiger partial charge in [0.05, 0.1) is 27.5 Å². The molecule has 0 aliphatic carbocycles. The van der Waals surface area contributed by atoms with Gasteiger partial charge in [0.25, 0.3) is 0 Å². The van der Waals surface area contributed by atoms with Crippen LogP contribution in [0, 0.1) is 0 Å². The van der Waals surface area contributed by atoms with Gasteiger partial charge in [0.1, 0.15) is 5.82 Å². The molecule has 0 fully saturated rings. The zero-order valence-corrected chi connectivity index (χ0v) is 15.7. The van der Waals surface area contributed by atoms with Crippen molar-refractivity contribution in [3.8, 4) is 28.4 Å². The van der Waals surface area contributed by atoms with Crippen molar-refractivity contribution in [1.82, 2.24) is 19.6 Å². The summed E-state index contributed by atoms with van der Waals surface area (Å²) in [4.78, 5) is 8.88. The molecule has 4 aromatic rings. The summed E-state index contributed by atoms with van der Waals surface area (Å²) in [6.45, 7) is 0. The van der Waals surface area contributed by atoms with Crippen molar-refractivity contribution in [2.45, 2.75) is 0 Å². The van der Waals surface area contributed by atoms with Crippen LogP contribution in [0.15, 0.2) is 55.1 Å². The van der Waals surface area contributed by atoms with Crippen molar-refractivity contribution in [2.75, 3.05) is 26.6 Å². The Kier molecular flexibility index (Phi) is 4.67. The number of pyridine rings is 1. The third-order valence-corrected chi connectivity index (χ3v) is 4.28. The summed E-state index contributed by atoms with van der Waals surface area (Å²) in [6, 6.07) is 9.36. The Morgan fingerprint density at radius 1 is 0.964 bits per heavy atom. The first-order valence-corrected chi connectivity index (χ1v) is 8.55. The van der Waals surface area contributed by atoms with Crippen LogP contribution < -0.4 is 19.5 Å². The van der Waals surface area contributed by atoms with Gasteiger partial charge < -0.3 is 19.5 Å². The third-order valence-electron chi connectivity index (χ3n) is 4.28. The lowest BCUT2D eigenvalue weighted by Gasteiger charge is -2.15. The van der Waals surface area contributed by atoms with Gasteiger partial charge in [0.15, 0.2) is 17.1 Å². The van der Waals surface area contributed by atoms with E-state index in [1.807, 2.05) is 36.5 Å². The van der Waals surface area contributed by atoms with Gasteiger partial charge in [-0.1, -0.05) is 6.07 Å². The molecule has 0 spiro atoms. The van der Waals surface area contributed by atoms with E-state index in [-0.39, 0.29) is 0 Å². The van der Waals surface area contributed by atoms with Gasteiger partial charge in [-0.2, -0.15) is 5.10 Å². The van der Waals surface area contributed by atoms with Crippen LogP contribution in [0.3, 0.4) is 0 Å². The van der Waals surface area contributed by atoms with E-state index >= 15 is 0 Å². The number of rotatable bonds is 6. The lowest BCUT2D eigenvalue weighted by Crippen LogP contribution is -2.00. The maximum atomic E-state index is 5.41. The van der Waals surface area contributed by atoms with Crippen LogP contribution in [-0.2, 0) is 0 Å². The van der Waals surface area contributed by atoms with Crippen LogP contribution in [0.2, 0.25) is 0 Å². The molecule has 0 aliphatic heterocycles. The number of benzene rings is 1. The SMILES string of the molecule is COc1cc(Nc2ccn3ncc(-c4cccnc4)c3n2)cc(OC)c1OC. The number of fused-ring (bicyclic) bond motifs is 1. The third kappa shape index (κ3) is 3.16. The Morgan fingerprint density at radius 2 is 1.75 bits per heavy atom. The lowest BCUT2D eigenvalue weighted by atomic mass is 10.1. The Hall–Kier alpha value is -3.81. The summed E-state index contributed by atoms with van der Waals surface area (Å²) in [5.74, 6) is 2.32. The first-order valence-electron chi connectivity index (χ1n) is 8.55. The van der Waals surface area contributed by atoms with Crippen molar-refractivity contribution >= 4 is 17.2 Å². The van der Waals surface area contributed by atoms with Crippen molar-refractivity contribution in [3.05, 3.63) is 55.1 Å². The second-order valence-electron chi connectivity index (χ2n) is 5.92. The fourth-order valence-corrected chi connectivity index (χ4v) is 2.97. The minimum Gasteiger partial charge on any atom is -0.493 e. The fraction of sp³-hybridized carbons (Fsp3) is 0.150. The molecule has 0 bridgehead atoms. The molecule has 0 amide bonds. The second kappa shape index (κ2) is 7.43. The van der Waals surface area contributed by atoms with Gasteiger partial charge in [-0.15, -0.1) is 0 Å².